The first-order valence-corrected chi connectivity index (χ1v) is 8.28. The summed E-state index contributed by atoms with van der Waals surface area (Å²) in [6.07, 6.45) is 0. The van der Waals surface area contributed by atoms with Crippen LogP contribution >= 0.6 is 11.8 Å². The largest absolute Gasteiger partial charge is 0.325 e. The molecule has 0 radical (unpaired) electrons. The number of aromatic nitrogens is 3. The molecule has 5 nitrogen and oxygen atoms in total. The molecule has 0 atom stereocenters. The van der Waals surface area contributed by atoms with E-state index in [0.29, 0.717) is 5.75 Å². The lowest BCUT2D eigenvalue weighted by Gasteiger charge is -2.12. The maximum absolute atomic E-state index is 12.1. The summed E-state index contributed by atoms with van der Waals surface area (Å²) in [7, 11) is 0. The minimum absolute atomic E-state index is 0.0327. The lowest BCUT2D eigenvalue weighted by Crippen LogP contribution is -2.16. The first-order chi connectivity index (χ1) is 10.4. The number of nitrogens with one attached hydrogen (secondary N) is 1. The number of thioether (sulfide) groups is 1. The van der Waals surface area contributed by atoms with Crippen LogP contribution in [0.1, 0.15) is 36.8 Å². The van der Waals surface area contributed by atoms with Gasteiger partial charge in [-0.2, -0.15) is 0 Å². The zero-order valence-electron chi connectivity index (χ0n) is 13.7. The highest BCUT2D eigenvalue weighted by Crippen LogP contribution is 2.22. The Bertz CT molecular complexity index is 679. The molecule has 0 bridgehead atoms. The number of benzene rings is 1. The van der Waals surface area contributed by atoms with E-state index in [4.69, 9.17) is 0 Å². The van der Waals surface area contributed by atoms with Crippen LogP contribution in [0, 0.1) is 20.8 Å². The fourth-order valence-electron chi connectivity index (χ4n) is 2.23. The van der Waals surface area contributed by atoms with Gasteiger partial charge in [0.25, 0.3) is 0 Å². The molecule has 2 aromatic rings. The summed E-state index contributed by atoms with van der Waals surface area (Å²) >= 11 is 1.41. The number of rotatable bonds is 5. The number of hydrogen-bond acceptors (Lipinski definition) is 4. The summed E-state index contributed by atoms with van der Waals surface area (Å²) in [6, 6.07) is 6.31. The third-order valence-electron chi connectivity index (χ3n) is 3.35. The second-order valence-electron chi connectivity index (χ2n) is 5.65. The molecule has 0 aliphatic carbocycles. The molecule has 0 aliphatic rings. The number of carbonyl (C=O) groups excluding carboxylic acids is 1. The van der Waals surface area contributed by atoms with Crippen LogP contribution in [0.2, 0.25) is 0 Å². The van der Waals surface area contributed by atoms with Crippen LogP contribution in [0.3, 0.4) is 0 Å². The van der Waals surface area contributed by atoms with Crippen LogP contribution in [0.15, 0.2) is 23.4 Å². The molecule has 1 aromatic heterocycles. The molecule has 1 heterocycles. The van der Waals surface area contributed by atoms with Gasteiger partial charge < -0.3 is 9.88 Å². The van der Waals surface area contributed by atoms with Gasteiger partial charge in [0.05, 0.1) is 5.75 Å². The second-order valence-corrected chi connectivity index (χ2v) is 6.59. The van der Waals surface area contributed by atoms with Gasteiger partial charge in [-0.1, -0.05) is 23.9 Å². The normalized spacial score (nSPS) is 11.0. The van der Waals surface area contributed by atoms with Gasteiger partial charge in [0.1, 0.15) is 5.82 Å². The molecule has 118 valence electrons. The van der Waals surface area contributed by atoms with E-state index in [0.717, 1.165) is 27.8 Å². The predicted molar refractivity (Wildman–Crippen MR) is 90.4 cm³/mol. The number of amides is 1. The maximum Gasteiger partial charge on any atom is 0.234 e. The number of carbonyl (C=O) groups is 1. The highest BCUT2D eigenvalue weighted by molar-refractivity contribution is 7.99. The van der Waals surface area contributed by atoms with E-state index in [1.54, 1.807) is 0 Å². The van der Waals surface area contributed by atoms with Crippen LogP contribution < -0.4 is 5.32 Å². The lowest BCUT2D eigenvalue weighted by atomic mass is 10.1. The van der Waals surface area contributed by atoms with Gasteiger partial charge in [0.15, 0.2) is 5.16 Å². The van der Waals surface area contributed by atoms with Gasteiger partial charge in [-0.3, -0.25) is 4.79 Å². The fourth-order valence-corrected chi connectivity index (χ4v) is 3.14. The maximum atomic E-state index is 12.1. The van der Waals surface area contributed by atoms with Crippen molar-refractivity contribution in [2.75, 3.05) is 11.1 Å². The van der Waals surface area contributed by atoms with E-state index in [9.17, 15) is 4.79 Å². The Morgan fingerprint density at radius 1 is 1.27 bits per heavy atom. The van der Waals surface area contributed by atoms with Crippen molar-refractivity contribution in [1.29, 1.82) is 0 Å². The van der Waals surface area contributed by atoms with E-state index >= 15 is 0 Å². The molecular formula is C16H22N4OS. The molecule has 1 amide bonds. The Kier molecular flexibility index (Phi) is 5.24. The topological polar surface area (TPSA) is 59.8 Å². The van der Waals surface area contributed by atoms with Gasteiger partial charge in [0, 0.05) is 11.7 Å². The smallest absolute Gasteiger partial charge is 0.234 e. The highest BCUT2D eigenvalue weighted by atomic mass is 32.2. The van der Waals surface area contributed by atoms with Crippen LogP contribution in [0.5, 0.6) is 0 Å². The van der Waals surface area contributed by atoms with E-state index < -0.39 is 0 Å². The molecule has 0 saturated carbocycles. The Balaban J connectivity index is 2.00. The van der Waals surface area contributed by atoms with Gasteiger partial charge in [-0.25, -0.2) is 0 Å². The van der Waals surface area contributed by atoms with Crippen molar-refractivity contribution in [3.63, 3.8) is 0 Å². The summed E-state index contributed by atoms with van der Waals surface area (Å²) in [4.78, 5) is 12.1. The van der Waals surface area contributed by atoms with Crippen molar-refractivity contribution in [1.82, 2.24) is 14.8 Å². The summed E-state index contributed by atoms with van der Waals surface area (Å²) < 4.78 is 2.04. The molecule has 1 N–H and O–H groups in total. The van der Waals surface area contributed by atoms with Crippen LogP contribution in [0.4, 0.5) is 5.69 Å². The van der Waals surface area contributed by atoms with Gasteiger partial charge in [0.2, 0.25) is 5.91 Å². The number of anilines is 1. The van der Waals surface area contributed by atoms with Crippen molar-refractivity contribution >= 4 is 23.4 Å². The van der Waals surface area contributed by atoms with Gasteiger partial charge in [-0.05, 0) is 51.8 Å². The van der Waals surface area contributed by atoms with E-state index in [2.05, 4.69) is 29.4 Å². The summed E-state index contributed by atoms with van der Waals surface area (Å²) in [5, 5.41) is 12.0. The average molecular weight is 318 g/mol. The van der Waals surface area contributed by atoms with Crippen molar-refractivity contribution in [2.24, 2.45) is 0 Å². The molecule has 0 fully saturated rings. The van der Waals surface area contributed by atoms with E-state index in [1.165, 1.54) is 11.8 Å². The number of hydrogen-bond donors (Lipinski definition) is 1. The van der Waals surface area contributed by atoms with Gasteiger partial charge in [-0.15, -0.1) is 10.2 Å². The molecule has 0 aliphatic heterocycles. The van der Waals surface area contributed by atoms with E-state index in [-0.39, 0.29) is 11.9 Å². The minimum Gasteiger partial charge on any atom is -0.325 e. The van der Waals surface area contributed by atoms with E-state index in [1.807, 2.05) is 43.5 Å². The molecule has 1 aromatic carbocycles. The second kappa shape index (κ2) is 6.96. The fraction of sp³-hybridized carbons (Fsp3) is 0.438. The molecule has 0 saturated heterocycles. The number of aryl methyl sites for hydroxylation is 3. The first kappa shape index (κ1) is 16.5. The third-order valence-corrected chi connectivity index (χ3v) is 4.29. The Morgan fingerprint density at radius 3 is 2.68 bits per heavy atom. The quantitative estimate of drug-likeness (QED) is 0.857. The Labute approximate surface area is 135 Å². The molecular weight excluding hydrogens is 296 g/mol. The third kappa shape index (κ3) is 3.88. The summed E-state index contributed by atoms with van der Waals surface area (Å²) in [5.41, 5.74) is 3.06. The first-order valence-electron chi connectivity index (χ1n) is 7.30. The molecule has 0 spiro atoms. The number of nitrogens with zero attached hydrogens (tertiary/aromatic N) is 3. The summed E-state index contributed by atoms with van der Waals surface area (Å²) in [6.45, 7) is 10.1. The van der Waals surface area contributed by atoms with Crippen LogP contribution in [-0.2, 0) is 4.79 Å². The SMILES string of the molecule is Cc1ccc(C)c(NC(=O)CSc2nnc(C)n2C(C)C)c1. The average Bonchev–Trinajstić information content (AvgIpc) is 2.82. The zero-order valence-corrected chi connectivity index (χ0v) is 14.5. The standard InChI is InChI=1S/C16H22N4OS/c1-10(2)20-13(5)18-19-16(20)22-9-15(21)17-14-8-11(3)6-7-12(14)4/h6-8,10H,9H2,1-5H3,(H,17,21). The Morgan fingerprint density at radius 2 is 2.00 bits per heavy atom. The molecule has 6 heteroatoms. The Hall–Kier alpha value is -1.82. The lowest BCUT2D eigenvalue weighted by molar-refractivity contribution is -0.113. The summed E-state index contributed by atoms with van der Waals surface area (Å²) in [5.74, 6) is 1.15. The molecule has 2 rings (SSSR count). The highest BCUT2D eigenvalue weighted by Gasteiger charge is 2.14. The van der Waals surface area contributed by atoms with Crippen LogP contribution in [-0.4, -0.2) is 26.4 Å². The zero-order chi connectivity index (χ0) is 16.3. The molecule has 22 heavy (non-hydrogen) atoms. The van der Waals surface area contributed by atoms with Crippen molar-refractivity contribution in [3.05, 3.63) is 35.2 Å². The monoisotopic (exact) mass is 318 g/mol. The van der Waals surface area contributed by atoms with Crippen molar-refractivity contribution in [2.45, 2.75) is 45.8 Å². The van der Waals surface area contributed by atoms with Crippen molar-refractivity contribution in [3.8, 4) is 0 Å². The van der Waals surface area contributed by atoms with Crippen molar-refractivity contribution < 1.29 is 4.79 Å². The minimum atomic E-state index is -0.0327. The molecule has 0 unspecified atom stereocenters. The predicted octanol–water partition coefficient (Wildman–Crippen LogP) is 3.52. The van der Waals surface area contributed by atoms with Crippen LogP contribution in [0.25, 0.3) is 0 Å². The van der Waals surface area contributed by atoms with Gasteiger partial charge >= 0.3 is 0 Å².